The van der Waals surface area contributed by atoms with Gasteiger partial charge in [0.1, 0.15) is 22.8 Å². The zero-order valence-electron chi connectivity index (χ0n) is 17.2. The molecule has 0 amide bonds. The Morgan fingerprint density at radius 1 is 1.07 bits per heavy atom. The molecule has 0 aliphatic heterocycles. The van der Waals surface area contributed by atoms with Crippen LogP contribution < -0.4 is 14.8 Å². The minimum Gasteiger partial charge on any atom is -0.508 e. The number of aromatic nitrogens is 3. The number of aryl methyl sites for hydroxylation is 1. The van der Waals surface area contributed by atoms with E-state index in [0.717, 1.165) is 51.7 Å². The van der Waals surface area contributed by atoms with Crippen LogP contribution in [0.15, 0.2) is 54.7 Å². The predicted octanol–water partition coefficient (Wildman–Crippen LogP) is 4.01. The number of phenols is 1. The van der Waals surface area contributed by atoms with Crippen LogP contribution in [-0.4, -0.2) is 40.4 Å². The van der Waals surface area contributed by atoms with Crippen molar-refractivity contribution in [3.8, 4) is 28.5 Å². The van der Waals surface area contributed by atoms with E-state index in [1.165, 1.54) is 0 Å². The van der Waals surface area contributed by atoms with Crippen LogP contribution in [0.5, 0.6) is 17.2 Å². The Morgan fingerprint density at radius 3 is 2.70 bits per heavy atom. The highest BCUT2D eigenvalue weighted by atomic mass is 16.5. The number of nitrogens with zero attached hydrogens (tertiary/aromatic N) is 3. The number of nitrogens with one attached hydrogen (secondary N) is 1. The molecule has 154 valence electrons. The van der Waals surface area contributed by atoms with Crippen molar-refractivity contribution in [2.75, 3.05) is 26.1 Å². The fraction of sp³-hybridized carbons (Fsp3) is 0.217. The number of rotatable bonds is 7. The minimum absolute atomic E-state index is 0.217. The quantitative estimate of drug-likeness (QED) is 0.484. The van der Waals surface area contributed by atoms with Crippen molar-refractivity contribution < 1.29 is 14.6 Å². The lowest BCUT2D eigenvalue weighted by Gasteiger charge is -2.11. The highest BCUT2D eigenvalue weighted by Gasteiger charge is 2.11. The fourth-order valence-electron chi connectivity index (χ4n) is 3.46. The van der Waals surface area contributed by atoms with Crippen LogP contribution >= 0.6 is 0 Å². The molecule has 0 radical (unpaired) electrons. The van der Waals surface area contributed by atoms with E-state index in [4.69, 9.17) is 9.47 Å². The summed E-state index contributed by atoms with van der Waals surface area (Å²) in [7, 11) is 5.29. The smallest absolute Gasteiger partial charge is 0.203 e. The summed E-state index contributed by atoms with van der Waals surface area (Å²) < 4.78 is 12.8. The number of imidazole rings is 1. The molecule has 0 fully saturated rings. The first-order valence-electron chi connectivity index (χ1n) is 9.65. The Balaban J connectivity index is 1.53. The molecular weight excluding hydrogens is 380 g/mol. The summed E-state index contributed by atoms with van der Waals surface area (Å²) in [4.78, 5) is 9.15. The molecule has 4 rings (SSSR count). The van der Waals surface area contributed by atoms with E-state index in [0.29, 0.717) is 6.54 Å². The normalized spacial score (nSPS) is 10.9. The Morgan fingerprint density at radius 2 is 1.93 bits per heavy atom. The Kier molecular flexibility index (Phi) is 5.43. The second-order valence-electron chi connectivity index (χ2n) is 6.96. The molecule has 7 nitrogen and oxygen atoms in total. The summed E-state index contributed by atoms with van der Waals surface area (Å²) in [5, 5.41) is 13.1. The number of methoxy groups -OCH3 is 2. The van der Waals surface area contributed by atoms with Gasteiger partial charge in [0, 0.05) is 19.2 Å². The molecule has 2 heterocycles. The van der Waals surface area contributed by atoms with Gasteiger partial charge in [-0.3, -0.25) is 4.98 Å². The van der Waals surface area contributed by atoms with Crippen molar-refractivity contribution in [2.24, 2.45) is 7.05 Å². The van der Waals surface area contributed by atoms with Crippen molar-refractivity contribution in [3.05, 3.63) is 60.3 Å². The predicted molar refractivity (Wildman–Crippen MR) is 117 cm³/mol. The largest absolute Gasteiger partial charge is 0.508 e. The van der Waals surface area contributed by atoms with E-state index in [2.05, 4.69) is 15.3 Å². The molecule has 4 aromatic rings. The van der Waals surface area contributed by atoms with E-state index in [-0.39, 0.29) is 5.75 Å². The second-order valence-corrected chi connectivity index (χ2v) is 6.96. The first-order chi connectivity index (χ1) is 14.6. The van der Waals surface area contributed by atoms with Crippen molar-refractivity contribution >= 4 is 17.0 Å². The van der Waals surface area contributed by atoms with Crippen LogP contribution in [0.3, 0.4) is 0 Å². The van der Waals surface area contributed by atoms with Crippen LogP contribution in [-0.2, 0) is 13.5 Å². The number of phenolic OH excluding ortho intramolecular Hbond substituents is 1. The van der Waals surface area contributed by atoms with E-state index < -0.39 is 0 Å². The summed E-state index contributed by atoms with van der Waals surface area (Å²) in [6.07, 6.45) is 2.52. The van der Waals surface area contributed by atoms with Crippen LogP contribution in [0.1, 0.15) is 5.56 Å². The number of fused-ring (bicyclic) bond motifs is 1. The maximum atomic E-state index is 9.74. The summed E-state index contributed by atoms with van der Waals surface area (Å²) in [5.74, 6) is 2.62. The first kappa shape index (κ1) is 19.6. The standard InChI is InChI=1S/C23H24N4O3/c1-27-21-13-19(15-5-4-6-17(28)11-15)25-14-20(21)26-23(27)24-10-9-16-12-18(29-2)7-8-22(16)30-3/h4-8,11-14,28H,9-10H2,1-3H3,(H,24,26). The summed E-state index contributed by atoms with van der Waals surface area (Å²) in [5.41, 5.74) is 4.48. The van der Waals surface area contributed by atoms with Gasteiger partial charge >= 0.3 is 0 Å². The number of hydrogen-bond donors (Lipinski definition) is 2. The van der Waals surface area contributed by atoms with Gasteiger partial charge in [-0.25, -0.2) is 4.98 Å². The third kappa shape index (κ3) is 3.87. The molecular formula is C23H24N4O3. The molecule has 0 saturated heterocycles. The van der Waals surface area contributed by atoms with Crippen molar-refractivity contribution in [1.82, 2.24) is 14.5 Å². The van der Waals surface area contributed by atoms with Crippen LogP contribution in [0.2, 0.25) is 0 Å². The summed E-state index contributed by atoms with van der Waals surface area (Å²) in [6.45, 7) is 0.688. The van der Waals surface area contributed by atoms with Crippen LogP contribution in [0, 0.1) is 0 Å². The highest BCUT2D eigenvalue weighted by molar-refractivity contribution is 5.82. The zero-order chi connectivity index (χ0) is 21.1. The van der Waals surface area contributed by atoms with Gasteiger partial charge in [0.05, 0.1) is 31.6 Å². The molecule has 7 heteroatoms. The van der Waals surface area contributed by atoms with Crippen molar-refractivity contribution in [2.45, 2.75) is 6.42 Å². The van der Waals surface area contributed by atoms with Crippen molar-refractivity contribution in [3.63, 3.8) is 0 Å². The van der Waals surface area contributed by atoms with Gasteiger partial charge in [-0.05, 0) is 48.4 Å². The molecule has 0 atom stereocenters. The summed E-state index contributed by atoms with van der Waals surface area (Å²) in [6, 6.07) is 14.8. The molecule has 0 aliphatic carbocycles. The topological polar surface area (TPSA) is 81.4 Å². The van der Waals surface area contributed by atoms with Gasteiger partial charge in [0.15, 0.2) is 0 Å². The van der Waals surface area contributed by atoms with Crippen molar-refractivity contribution in [1.29, 1.82) is 0 Å². The molecule has 0 aliphatic rings. The van der Waals surface area contributed by atoms with Crippen LogP contribution in [0.25, 0.3) is 22.3 Å². The first-order valence-corrected chi connectivity index (χ1v) is 9.65. The van der Waals surface area contributed by atoms with Gasteiger partial charge in [-0.15, -0.1) is 0 Å². The number of hydrogen-bond acceptors (Lipinski definition) is 6. The van der Waals surface area contributed by atoms with Gasteiger partial charge in [-0.2, -0.15) is 0 Å². The molecule has 2 N–H and O–H groups in total. The molecule has 2 aromatic carbocycles. The van der Waals surface area contributed by atoms with Gasteiger partial charge < -0.3 is 24.5 Å². The number of pyridine rings is 1. The highest BCUT2D eigenvalue weighted by Crippen LogP contribution is 2.27. The minimum atomic E-state index is 0.217. The summed E-state index contributed by atoms with van der Waals surface area (Å²) >= 11 is 0. The second kappa shape index (κ2) is 8.32. The Bertz CT molecular complexity index is 1190. The van der Waals surface area contributed by atoms with E-state index >= 15 is 0 Å². The van der Waals surface area contributed by atoms with Gasteiger partial charge in [0.2, 0.25) is 5.95 Å². The lowest BCUT2D eigenvalue weighted by Crippen LogP contribution is -2.09. The number of aromatic hydroxyl groups is 1. The molecule has 0 saturated carbocycles. The van der Waals surface area contributed by atoms with E-state index in [1.807, 2.05) is 41.9 Å². The third-order valence-electron chi connectivity index (χ3n) is 5.07. The average Bonchev–Trinajstić information content (AvgIpc) is 3.08. The molecule has 0 spiro atoms. The Hall–Kier alpha value is -3.74. The lowest BCUT2D eigenvalue weighted by atomic mass is 10.1. The Labute approximate surface area is 174 Å². The zero-order valence-corrected chi connectivity index (χ0v) is 17.2. The average molecular weight is 404 g/mol. The third-order valence-corrected chi connectivity index (χ3v) is 5.07. The van der Waals surface area contributed by atoms with Crippen LogP contribution in [0.4, 0.5) is 5.95 Å². The van der Waals surface area contributed by atoms with E-state index in [1.54, 1.807) is 38.6 Å². The van der Waals surface area contributed by atoms with Gasteiger partial charge in [-0.1, -0.05) is 12.1 Å². The number of benzene rings is 2. The number of anilines is 1. The maximum absolute atomic E-state index is 9.74. The SMILES string of the molecule is COc1ccc(OC)c(CCNc2nc3cnc(-c4cccc(O)c4)cc3n2C)c1. The lowest BCUT2D eigenvalue weighted by molar-refractivity contribution is 0.399. The monoisotopic (exact) mass is 404 g/mol. The molecule has 2 aromatic heterocycles. The molecule has 0 unspecified atom stereocenters. The molecule has 30 heavy (non-hydrogen) atoms. The number of ether oxygens (including phenoxy) is 2. The van der Waals surface area contributed by atoms with Gasteiger partial charge in [0.25, 0.3) is 0 Å². The maximum Gasteiger partial charge on any atom is 0.203 e. The van der Waals surface area contributed by atoms with E-state index in [9.17, 15) is 5.11 Å². The fourth-order valence-corrected chi connectivity index (χ4v) is 3.46. The molecule has 0 bridgehead atoms.